The first-order chi connectivity index (χ1) is 14.0. The second-order valence-corrected chi connectivity index (χ2v) is 8.89. The molecular weight excluding hydrogens is 408 g/mol. The fourth-order valence-electron chi connectivity index (χ4n) is 3.22. The molecule has 0 atom stereocenters. The number of carbonyl (C=O) groups is 1. The van der Waals surface area contributed by atoms with Gasteiger partial charge < -0.3 is 19.6 Å². The minimum Gasteiger partial charge on any atom is -0.504 e. The summed E-state index contributed by atoms with van der Waals surface area (Å²) in [5.41, 5.74) is 3.11. The minimum absolute atomic E-state index is 0.0606. The van der Waals surface area contributed by atoms with Crippen molar-refractivity contribution < 1.29 is 27.5 Å². The highest BCUT2D eigenvalue weighted by Crippen LogP contribution is 2.38. The largest absolute Gasteiger partial charge is 0.504 e. The molecule has 1 aromatic heterocycles. The Bertz CT molecular complexity index is 1240. The average molecular weight is 432 g/mol. The van der Waals surface area contributed by atoms with Crippen molar-refractivity contribution in [3.8, 4) is 11.5 Å². The number of fused-ring (bicyclic) bond motifs is 1. The molecular formula is C21H24N2O6S. The van der Waals surface area contributed by atoms with Gasteiger partial charge in [-0.2, -0.15) is 0 Å². The normalized spacial score (nSPS) is 11.6. The SMILES string of the molecule is COc1cc(C(=O)c2c(NCCS(N)(=O)=O)oc3c(O)c(C)ccc23)cc(C)c1C. The van der Waals surface area contributed by atoms with Crippen LogP contribution in [0.15, 0.2) is 28.7 Å². The van der Waals surface area contributed by atoms with Gasteiger partial charge in [-0.05, 0) is 55.7 Å². The van der Waals surface area contributed by atoms with Gasteiger partial charge in [0.15, 0.2) is 17.1 Å². The van der Waals surface area contributed by atoms with E-state index in [-0.39, 0.29) is 40.9 Å². The van der Waals surface area contributed by atoms with Crippen molar-refractivity contribution in [3.63, 3.8) is 0 Å². The van der Waals surface area contributed by atoms with Crippen LogP contribution in [-0.4, -0.2) is 38.7 Å². The number of rotatable bonds is 7. The lowest BCUT2D eigenvalue weighted by Crippen LogP contribution is -2.22. The summed E-state index contributed by atoms with van der Waals surface area (Å²) in [4.78, 5) is 13.5. The molecule has 0 aliphatic carbocycles. The molecule has 0 amide bonds. The van der Waals surface area contributed by atoms with E-state index in [1.165, 1.54) is 7.11 Å². The van der Waals surface area contributed by atoms with Gasteiger partial charge >= 0.3 is 0 Å². The number of phenols is 1. The molecule has 0 spiro atoms. The number of methoxy groups -OCH3 is 1. The van der Waals surface area contributed by atoms with Crippen LogP contribution in [0, 0.1) is 20.8 Å². The summed E-state index contributed by atoms with van der Waals surface area (Å²) in [7, 11) is -2.17. The van der Waals surface area contributed by atoms with Crippen molar-refractivity contribution in [1.82, 2.24) is 0 Å². The summed E-state index contributed by atoms with van der Waals surface area (Å²) in [6.45, 7) is 5.43. The Labute approximate surface area is 174 Å². The summed E-state index contributed by atoms with van der Waals surface area (Å²) in [5, 5.41) is 18.7. The maximum Gasteiger partial charge on any atom is 0.210 e. The summed E-state index contributed by atoms with van der Waals surface area (Å²) in [6, 6.07) is 6.76. The van der Waals surface area contributed by atoms with Crippen molar-refractivity contribution in [3.05, 3.63) is 52.1 Å². The van der Waals surface area contributed by atoms with E-state index < -0.39 is 10.0 Å². The van der Waals surface area contributed by atoms with Crippen LogP contribution in [0.5, 0.6) is 11.5 Å². The first kappa shape index (κ1) is 21.7. The number of nitrogens with one attached hydrogen (secondary N) is 1. The zero-order valence-corrected chi connectivity index (χ0v) is 18.0. The van der Waals surface area contributed by atoms with E-state index in [9.17, 15) is 18.3 Å². The van der Waals surface area contributed by atoms with Gasteiger partial charge in [0, 0.05) is 17.5 Å². The number of phenolic OH excluding ortho intramolecular Hbond substituents is 1. The van der Waals surface area contributed by atoms with Crippen LogP contribution < -0.4 is 15.2 Å². The lowest BCUT2D eigenvalue weighted by Gasteiger charge is -2.11. The van der Waals surface area contributed by atoms with Gasteiger partial charge in [0.05, 0.1) is 18.4 Å². The standard InChI is InChI=1S/C21H24N2O6S/c1-11-5-6-15-17(19(25)14-9-12(2)13(3)16(10-14)28-4)21(29-20(15)18(11)24)23-7-8-30(22,26)27/h5-6,9-10,23-24H,7-8H2,1-4H3,(H2,22,26,27). The van der Waals surface area contributed by atoms with Gasteiger partial charge in [0.2, 0.25) is 15.9 Å². The van der Waals surface area contributed by atoms with E-state index in [4.69, 9.17) is 14.3 Å². The number of ketones is 1. The molecule has 2 aromatic carbocycles. The molecule has 3 aromatic rings. The number of hydrogen-bond donors (Lipinski definition) is 3. The van der Waals surface area contributed by atoms with Crippen LogP contribution in [0.1, 0.15) is 32.6 Å². The smallest absolute Gasteiger partial charge is 0.210 e. The highest BCUT2D eigenvalue weighted by Gasteiger charge is 2.25. The van der Waals surface area contributed by atoms with Crippen LogP contribution in [0.25, 0.3) is 11.0 Å². The Morgan fingerprint density at radius 2 is 1.90 bits per heavy atom. The Balaban J connectivity index is 2.15. The molecule has 0 saturated carbocycles. The zero-order valence-electron chi connectivity index (χ0n) is 17.2. The van der Waals surface area contributed by atoms with Gasteiger partial charge in [0.25, 0.3) is 0 Å². The Kier molecular flexibility index (Phi) is 5.78. The first-order valence-electron chi connectivity index (χ1n) is 9.22. The fourth-order valence-corrected chi connectivity index (χ4v) is 3.60. The number of furan rings is 1. The predicted octanol–water partition coefficient (Wildman–Crippen LogP) is 3.00. The van der Waals surface area contributed by atoms with Crippen LogP contribution in [0.2, 0.25) is 0 Å². The second kappa shape index (κ2) is 8.00. The number of aromatic hydroxyl groups is 1. The lowest BCUT2D eigenvalue weighted by atomic mass is 9.97. The number of aryl methyl sites for hydroxylation is 2. The molecule has 4 N–H and O–H groups in total. The number of primary sulfonamides is 1. The third kappa shape index (κ3) is 4.12. The molecule has 0 unspecified atom stereocenters. The Morgan fingerprint density at radius 1 is 1.20 bits per heavy atom. The van der Waals surface area contributed by atoms with Gasteiger partial charge in [-0.3, -0.25) is 4.79 Å². The van der Waals surface area contributed by atoms with Crippen molar-refractivity contribution in [1.29, 1.82) is 0 Å². The maximum absolute atomic E-state index is 13.5. The molecule has 0 aliphatic rings. The van der Waals surface area contributed by atoms with Gasteiger partial charge in [-0.1, -0.05) is 6.07 Å². The molecule has 0 fully saturated rings. The van der Waals surface area contributed by atoms with E-state index >= 15 is 0 Å². The number of hydrogen-bond acceptors (Lipinski definition) is 7. The number of anilines is 1. The zero-order chi connectivity index (χ0) is 22.2. The average Bonchev–Trinajstić information content (AvgIpc) is 3.04. The molecule has 8 nitrogen and oxygen atoms in total. The summed E-state index contributed by atoms with van der Waals surface area (Å²) in [6.07, 6.45) is 0. The predicted molar refractivity (Wildman–Crippen MR) is 115 cm³/mol. The second-order valence-electron chi connectivity index (χ2n) is 7.16. The molecule has 9 heteroatoms. The van der Waals surface area contributed by atoms with Gasteiger partial charge in [-0.25, -0.2) is 13.6 Å². The molecule has 0 aliphatic heterocycles. The Morgan fingerprint density at radius 3 is 2.53 bits per heavy atom. The molecule has 30 heavy (non-hydrogen) atoms. The Hall–Kier alpha value is -3.04. The topological polar surface area (TPSA) is 132 Å². The van der Waals surface area contributed by atoms with E-state index in [2.05, 4.69) is 5.32 Å². The van der Waals surface area contributed by atoms with E-state index in [0.717, 1.165) is 11.1 Å². The number of carbonyl (C=O) groups excluding carboxylic acids is 1. The highest BCUT2D eigenvalue weighted by atomic mass is 32.2. The number of ether oxygens (including phenoxy) is 1. The summed E-state index contributed by atoms with van der Waals surface area (Å²) in [5.74, 6) is -0.138. The van der Waals surface area contributed by atoms with Crippen molar-refractivity contribution in [2.45, 2.75) is 20.8 Å². The van der Waals surface area contributed by atoms with E-state index in [1.807, 2.05) is 13.8 Å². The molecule has 3 rings (SSSR count). The van der Waals surface area contributed by atoms with Crippen molar-refractivity contribution in [2.24, 2.45) is 5.14 Å². The van der Waals surface area contributed by atoms with Crippen molar-refractivity contribution in [2.75, 3.05) is 24.7 Å². The highest BCUT2D eigenvalue weighted by molar-refractivity contribution is 7.89. The van der Waals surface area contributed by atoms with Crippen LogP contribution >= 0.6 is 0 Å². The summed E-state index contributed by atoms with van der Waals surface area (Å²) >= 11 is 0. The molecule has 160 valence electrons. The minimum atomic E-state index is -3.70. The third-order valence-electron chi connectivity index (χ3n) is 5.03. The quantitative estimate of drug-likeness (QED) is 0.489. The number of nitrogens with two attached hydrogens (primary N) is 1. The van der Waals surface area contributed by atoms with Crippen molar-refractivity contribution >= 4 is 32.7 Å². The maximum atomic E-state index is 13.5. The molecule has 0 saturated heterocycles. The summed E-state index contributed by atoms with van der Waals surface area (Å²) < 4.78 is 33.6. The molecule has 0 bridgehead atoms. The van der Waals surface area contributed by atoms with Crippen LogP contribution in [0.4, 0.5) is 5.88 Å². The number of sulfonamides is 1. The number of benzene rings is 2. The van der Waals surface area contributed by atoms with Gasteiger partial charge in [0.1, 0.15) is 5.75 Å². The van der Waals surface area contributed by atoms with Gasteiger partial charge in [-0.15, -0.1) is 0 Å². The fraction of sp³-hybridized carbons (Fsp3) is 0.286. The van der Waals surface area contributed by atoms with Crippen LogP contribution in [-0.2, 0) is 10.0 Å². The lowest BCUT2D eigenvalue weighted by molar-refractivity contribution is 0.104. The van der Waals surface area contributed by atoms with E-state index in [1.54, 1.807) is 31.2 Å². The third-order valence-corrected chi connectivity index (χ3v) is 5.81. The molecule has 1 heterocycles. The monoisotopic (exact) mass is 432 g/mol. The first-order valence-corrected chi connectivity index (χ1v) is 10.9. The van der Waals surface area contributed by atoms with Crippen LogP contribution in [0.3, 0.4) is 0 Å². The molecule has 0 radical (unpaired) electrons. The van der Waals surface area contributed by atoms with E-state index in [0.29, 0.717) is 22.3 Å².